The van der Waals surface area contributed by atoms with Gasteiger partial charge in [-0.3, -0.25) is 0 Å². The van der Waals surface area contributed by atoms with E-state index in [4.69, 9.17) is 9.97 Å². The third-order valence-corrected chi connectivity index (χ3v) is 4.91. The zero-order chi connectivity index (χ0) is 13.8. The summed E-state index contributed by atoms with van der Waals surface area (Å²) in [6.07, 6.45) is 14.2. The van der Waals surface area contributed by atoms with Gasteiger partial charge in [0.1, 0.15) is 11.6 Å². The number of rotatable bonds is 2. The lowest BCUT2D eigenvalue weighted by atomic mass is 9.98. The molecule has 0 bridgehead atoms. The maximum Gasteiger partial charge on any atom is 0.134 e. The molecule has 3 nitrogen and oxygen atoms in total. The number of aryl methyl sites for hydroxylation is 1. The van der Waals surface area contributed by atoms with Gasteiger partial charge < -0.3 is 5.32 Å². The minimum absolute atomic E-state index is 0.596. The maximum absolute atomic E-state index is 5.00. The largest absolute Gasteiger partial charge is 0.373 e. The molecule has 1 heterocycles. The number of hydrogen-bond acceptors (Lipinski definition) is 3. The zero-order valence-corrected chi connectivity index (χ0v) is 12.7. The molecule has 3 rings (SSSR count). The lowest BCUT2D eigenvalue weighted by molar-refractivity contribution is 0.557. The van der Waals surface area contributed by atoms with Gasteiger partial charge in [0.2, 0.25) is 0 Å². The van der Waals surface area contributed by atoms with Crippen LogP contribution in [-0.2, 0) is 12.8 Å². The number of fused-ring (bicyclic) bond motifs is 1. The van der Waals surface area contributed by atoms with Crippen LogP contribution in [0.1, 0.15) is 80.8 Å². The molecule has 20 heavy (non-hydrogen) atoms. The lowest BCUT2D eigenvalue weighted by Crippen LogP contribution is -2.12. The topological polar surface area (TPSA) is 37.8 Å². The van der Waals surface area contributed by atoms with Crippen molar-refractivity contribution in [2.75, 3.05) is 12.4 Å². The van der Waals surface area contributed by atoms with Crippen LogP contribution in [0.4, 0.5) is 5.82 Å². The summed E-state index contributed by atoms with van der Waals surface area (Å²) in [4.78, 5) is 9.89. The molecule has 0 amide bonds. The van der Waals surface area contributed by atoms with E-state index in [1.54, 1.807) is 0 Å². The van der Waals surface area contributed by atoms with Crippen molar-refractivity contribution in [3.63, 3.8) is 0 Å². The predicted molar refractivity (Wildman–Crippen MR) is 83.3 cm³/mol. The van der Waals surface area contributed by atoms with Crippen LogP contribution in [0.25, 0.3) is 0 Å². The summed E-state index contributed by atoms with van der Waals surface area (Å²) in [5.74, 6) is 2.83. The fourth-order valence-electron chi connectivity index (χ4n) is 3.72. The van der Waals surface area contributed by atoms with Crippen molar-refractivity contribution in [2.24, 2.45) is 0 Å². The standard InChI is InChI=1S/C17H27N3/c1-18-17-14-11-7-4-8-12-15(14)19-16(20-17)13-9-5-2-3-6-10-13/h13H,2-12H2,1H3,(H,18,19,20). The van der Waals surface area contributed by atoms with Crippen molar-refractivity contribution >= 4 is 5.82 Å². The Kier molecular flexibility index (Phi) is 4.54. The molecule has 0 spiro atoms. The van der Waals surface area contributed by atoms with Crippen LogP contribution < -0.4 is 5.32 Å². The quantitative estimate of drug-likeness (QED) is 0.647. The normalized spacial score (nSPS) is 20.9. The molecule has 1 aromatic heterocycles. The third-order valence-electron chi connectivity index (χ3n) is 4.91. The molecule has 3 heteroatoms. The molecular weight excluding hydrogens is 246 g/mol. The second-order valence-electron chi connectivity index (χ2n) is 6.35. The van der Waals surface area contributed by atoms with Crippen LogP contribution in [-0.4, -0.2) is 17.0 Å². The van der Waals surface area contributed by atoms with E-state index in [0.717, 1.165) is 24.5 Å². The molecule has 0 aromatic carbocycles. The van der Waals surface area contributed by atoms with E-state index in [-0.39, 0.29) is 0 Å². The predicted octanol–water partition coefficient (Wildman–Crippen LogP) is 4.23. The van der Waals surface area contributed by atoms with E-state index >= 15 is 0 Å². The van der Waals surface area contributed by atoms with Crippen LogP contribution in [0.5, 0.6) is 0 Å². The average Bonchev–Trinajstić information content (AvgIpc) is 2.88. The van der Waals surface area contributed by atoms with E-state index in [0.29, 0.717) is 5.92 Å². The smallest absolute Gasteiger partial charge is 0.134 e. The average molecular weight is 273 g/mol. The molecule has 0 aliphatic heterocycles. The van der Waals surface area contributed by atoms with Gasteiger partial charge in [0.05, 0.1) is 0 Å². The van der Waals surface area contributed by atoms with Crippen LogP contribution in [0.2, 0.25) is 0 Å². The molecule has 1 aromatic rings. The van der Waals surface area contributed by atoms with Gasteiger partial charge >= 0.3 is 0 Å². The van der Waals surface area contributed by atoms with E-state index in [9.17, 15) is 0 Å². The van der Waals surface area contributed by atoms with Gasteiger partial charge in [0.25, 0.3) is 0 Å². The summed E-state index contributed by atoms with van der Waals surface area (Å²) >= 11 is 0. The van der Waals surface area contributed by atoms with Crippen molar-refractivity contribution in [2.45, 2.75) is 76.5 Å². The van der Waals surface area contributed by atoms with Crippen molar-refractivity contribution in [1.82, 2.24) is 9.97 Å². The van der Waals surface area contributed by atoms with E-state index in [2.05, 4.69) is 5.32 Å². The number of nitrogens with zero attached hydrogens (tertiary/aromatic N) is 2. The summed E-state index contributed by atoms with van der Waals surface area (Å²) in [5.41, 5.74) is 2.73. The van der Waals surface area contributed by atoms with E-state index < -0.39 is 0 Å². The van der Waals surface area contributed by atoms with E-state index in [1.165, 1.54) is 69.0 Å². The summed E-state index contributed by atoms with van der Waals surface area (Å²) in [7, 11) is 2.00. The number of anilines is 1. The van der Waals surface area contributed by atoms with Gasteiger partial charge in [-0.2, -0.15) is 0 Å². The van der Waals surface area contributed by atoms with Gasteiger partial charge in [0, 0.05) is 24.2 Å². The highest BCUT2D eigenvalue weighted by atomic mass is 15.0. The first-order valence-electron chi connectivity index (χ1n) is 8.46. The van der Waals surface area contributed by atoms with Crippen molar-refractivity contribution in [1.29, 1.82) is 0 Å². The first-order valence-corrected chi connectivity index (χ1v) is 8.46. The van der Waals surface area contributed by atoms with Crippen LogP contribution in [0, 0.1) is 0 Å². The number of nitrogens with one attached hydrogen (secondary N) is 1. The van der Waals surface area contributed by atoms with Crippen molar-refractivity contribution in [3.05, 3.63) is 17.1 Å². The number of aromatic nitrogens is 2. The van der Waals surface area contributed by atoms with Crippen molar-refractivity contribution in [3.8, 4) is 0 Å². The van der Waals surface area contributed by atoms with Gasteiger partial charge in [-0.15, -0.1) is 0 Å². The SMILES string of the molecule is CNc1nc(C2CCCCCC2)nc2c1CCCCC2. The Balaban J connectivity index is 1.92. The van der Waals surface area contributed by atoms with Gasteiger partial charge in [-0.1, -0.05) is 32.1 Å². The fraction of sp³-hybridized carbons (Fsp3) is 0.765. The molecule has 0 unspecified atom stereocenters. The zero-order valence-electron chi connectivity index (χ0n) is 12.7. The van der Waals surface area contributed by atoms with Crippen LogP contribution in [0.15, 0.2) is 0 Å². The Bertz CT molecular complexity index is 448. The first-order chi connectivity index (χ1) is 9.88. The Morgan fingerprint density at radius 3 is 2.30 bits per heavy atom. The maximum atomic E-state index is 5.00. The molecule has 2 aliphatic carbocycles. The molecule has 0 radical (unpaired) electrons. The molecule has 0 atom stereocenters. The molecule has 1 fully saturated rings. The first kappa shape index (κ1) is 13.8. The minimum Gasteiger partial charge on any atom is -0.373 e. The lowest BCUT2D eigenvalue weighted by Gasteiger charge is -2.18. The summed E-state index contributed by atoms with van der Waals surface area (Å²) < 4.78 is 0. The van der Waals surface area contributed by atoms with Gasteiger partial charge in [-0.25, -0.2) is 9.97 Å². The monoisotopic (exact) mass is 273 g/mol. The van der Waals surface area contributed by atoms with Crippen LogP contribution in [0.3, 0.4) is 0 Å². The Hall–Kier alpha value is -1.12. The Labute approximate surface area is 122 Å². The highest BCUT2D eigenvalue weighted by Crippen LogP contribution is 2.32. The van der Waals surface area contributed by atoms with Crippen molar-refractivity contribution < 1.29 is 0 Å². The number of hydrogen-bond donors (Lipinski definition) is 1. The van der Waals surface area contributed by atoms with Gasteiger partial charge in [-0.05, 0) is 38.5 Å². The second-order valence-corrected chi connectivity index (χ2v) is 6.35. The summed E-state index contributed by atoms with van der Waals surface area (Å²) in [5, 5.41) is 3.33. The summed E-state index contributed by atoms with van der Waals surface area (Å²) in [6, 6.07) is 0. The Morgan fingerprint density at radius 2 is 1.55 bits per heavy atom. The molecule has 0 saturated heterocycles. The molecule has 1 N–H and O–H groups in total. The Morgan fingerprint density at radius 1 is 0.850 bits per heavy atom. The molecule has 1 saturated carbocycles. The summed E-state index contributed by atoms with van der Waals surface area (Å²) in [6.45, 7) is 0. The molecule has 110 valence electrons. The fourth-order valence-corrected chi connectivity index (χ4v) is 3.72. The second kappa shape index (κ2) is 6.55. The highest BCUT2D eigenvalue weighted by Gasteiger charge is 2.21. The minimum atomic E-state index is 0.596. The van der Waals surface area contributed by atoms with Crippen LogP contribution >= 0.6 is 0 Å². The third kappa shape index (κ3) is 2.97. The highest BCUT2D eigenvalue weighted by molar-refractivity contribution is 5.47. The van der Waals surface area contributed by atoms with Gasteiger partial charge in [0.15, 0.2) is 0 Å². The van der Waals surface area contributed by atoms with E-state index in [1.807, 2.05) is 7.05 Å². The molecular formula is C17H27N3. The molecule has 2 aliphatic rings.